The molecule has 0 radical (unpaired) electrons. The Morgan fingerprint density at radius 3 is 2.59 bits per heavy atom. The molecule has 1 unspecified atom stereocenters. The second-order valence-electron chi connectivity index (χ2n) is 5.93. The van der Waals surface area contributed by atoms with E-state index in [0.29, 0.717) is 19.6 Å². The first kappa shape index (κ1) is 16.5. The highest BCUT2D eigenvalue weighted by atomic mass is 16.5. The lowest BCUT2D eigenvalue weighted by molar-refractivity contribution is -0.142. The van der Waals surface area contributed by atoms with Crippen LogP contribution < -0.4 is 5.73 Å². The van der Waals surface area contributed by atoms with Crippen molar-refractivity contribution in [3.05, 3.63) is 35.9 Å². The third kappa shape index (κ3) is 4.07. The maximum absolute atomic E-state index is 11.7. The number of benzene rings is 1. The van der Waals surface area contributed by atoms with Gasteiger partial charge in [-0.3, -0.25) is 9.59 Å². The van der Waals surface area contributed by atoms with Gasteiger partial charge in [0.1, 0.15) is 6.04 Å². The number of primary amides is 1. The van der Waals surface area contributed by atoms with Gasteiger partial charge >= 0.3 is 0 Å². The van der Waals surface area contributed by atoms with Crippen LogP contribution >= 0.6 is 0 Å². The normalized spacial score (nSPS) is 23.1. The summed E-state index contributed by atoms with van der Waals surface area (Å²) in [7, 11) is 0. The number of nitrogens with two attached hydrogens (primary N) is 1. The summed E-state index contributed by atoms with van der Waals surface area (Å²) in [4.78, 5) is 24.8. The molecule has 3 atom stereocenters. The van der Waals surface area contributed by atoms with E-state index >= 15 is 0 Å². The first-order valence-corrected chi connectivity index (χ1v) is 7.71. The Morgan fingerprint density at radius 1 is 1.32 bits per heavy atom. The van der Waals surface area contributed by atoms with Crippen LogP contribution in [0.25, 0.3) is 0 Å². The second-order valence-corrected chi connectivity index (χ2v) is 5.93. The van der Waals surface area contributed by atoms with Crippen LogP contribution in [-0.4, -0.2) is 35.4 Å². The van der Waals surface area contributed by atoms with Crippen LogP contribution in [-0.2, 0) is 20.9 Å². The summed E-state index contributed by atoms with van der Waals surface area (Å²) in [6.45, 7) is 4.58. The molecule has 1 aromatic rings. The van der Waals surface area contributed by atoms with Crippen LogP contribution in [0.3, 0.4) is 0 Å². The molecule has 1 aliphatic heterocycles. The topological polar surface area (TPSA) is 72.6 Å². The molecule has 0 aromatic heterocycles. The van der Waals surface area contributed by atoms with Gasteiger partial charge in [-0.1, -0.05) is 30.3 Å². The van der Waals surface area contributed by atoms with Crippen LogP contribution in [0.15, 0.2) is 30.3 Å². The molecular weight excluding hydrogens is 280 g/mol. The summed E-state index contributed by atoms with van der Waals surface area (Å²) < 4.78 is 5.94. The van der Waals surface area contributed by atoms with Gasteiger partial charge in [0.05, 0.1) is 12.7 Å². The molecule has 1 aliphatic rings. The number of amides is 2. The molecule has 1 aromatic carbocycles. The molecule has 0 spiro atoms. The predicted molar refractivity (Wildman–Crippen MR) is 83.8 cm³/mol. The van der Waals surface area contributed by atoms with E-state index < -0.39 is 11.9 Å². The van der Waals surface area contributed by atoms with Crippen molar-refractivity contribution in [3.63, 3.8) is 0 Å². The molecule has 0 saturated carbocycles. The first-order chi connectivity index (χ1) is 10.5. The lowest BCUT2D eigenvalue weighted by atomic mass is 9.88. The number of ether oxygens (including phenoxy) is 1. The quantitative estimate of drug-likeness (QED) is 0.900. The zero-order valence-electron chi connectivity index (χ0n) is 13.2. The predicted octanol–water partition coefficient (Wildman–Crippen LogP) is 1.70. The van der Waals surface area contributed by atoms with Gasteiger partial charge in [0.2, 0.25) is 11.8 Å². The Morgan fingerprint density at radius 2 is 2.00 bits per heavy atom. The Labute approximate surface area is 131 Å². The van der Waals surface area contributed by atoms with Gasteiger partial charge in [0, 0.05) is 19.4 Å². The highest BCUT2D eigenvalue weighted by Crippen LogP contribution is 2.26. The van der Waals surface area contributed by atoms with Gasteiger partial charge in [-0.25, -0.2) is 0 Å². The number of nitrogens with zero attached hydrogens (tertiary/aromatic N) is 1. The smallest absolute Gasteiger partial charge is 0.240 e. The molecule has 2 rings (SSSR count). The third-order valence-electron chi connectivity index (χ3n) is 4.37. The summed E-state index contributed by atoms with van der Waals surface area (Å²) in [6, 6.07) is 9.52. The zero-order chi connectivity index (χ0) is 16.1. The highest BCUT2D eigenvalue weighted by Gasteiger charge is 2.35. The van der Waals surface area contributed by atoms with E-state index in [4.69, 9.17) is 10.5 Å². The van der Waals surface area contributed by atoms with E-state index in [-0.39, 0.29) is 17.9 Å². The highest BCUT2D eigenvalue weighted by molar-refractivity contribution is 5.85. The Kier molecular flexibility index (Phi) is 5.55. The molecule has 120 valence electrons. The third-order valence-corrected chi connectivity index (χ3v) is 4.37. The minimum absolute atomic E-state index is 0.0240. The van der Waals surface area contributed by atoms with E-state index in [0.717, 1.165) is 12.0 Å². The minimum atomic E-state index is -0.477. The molecule has 1 heterocycles. The van der Waals surface area contributed by atoms with E-state index in [2.05, 4.69) is 0 Å². The number of piperidine rings is 1. The lowest BCUT2D eigenvalue weighted by Crippen LogP contribution is -2.53. The van der Waals surface area contributed by atoms with Crippen molar-refractivity contribution in [2.45, 2.75) is 45.4 Å². The number of carbonyl (C=O) groups is 2. The molecular formula is C17H24N2O3. The van der Waals surface area contributed by atoms with E-state index in [1.165, 1.54) is 6.92 Å². The van der Waals surface area contributed by atoms with Crippen molar-refractivity contribution in [1.82, 2.24) is 4.90 Å². The molecule has 0 bridgehead atoms. The first-order valence-electron chi connectivity index (χ1n) is 7.71. The summed E-state index contributed by atoms with van der Waals surface area (Å²) in [5.41, 5.74) is 6.52. The average Bonchev–Trinajstić information content (AvgIpc) is 2.52. The van der Waals surface area contributed by atoms with Crippen LogP contribution in [0.1, 0.15) is 32.3 Å². The largest absolute Gasteiger partial charge is 0.373 e. The minimum Gasteiger partial charge on any atom is -0.373 e. The van der Waals surface area contributed by atoms with Crippen LogP contribution in [0.2, 0.25) is 0 Å². The summed E-state index contributed by atoms with van der Waals surface area (Å²) >= 11 is 0. The molecule has 1 saturated heterocycles. The average molecular weight is 304 g/mol. The number of rotatable bonds is 5. The summed E-state index contributed by atoms with van der Waals surface area (Å²) in [5, 5.41) is 0. The maximum Gasteiger partial charge on any atom is 0.240 e. The Balaban J connectivity index is 1.92. The SMILES string of the molecule is CC(=O)N1C[C@H](C(C)OCc2ccccc2)CC[C@H]1C(N)=O. The van der Waals surface area contributed by atoms with E-state index in [1.54, 1.807) is 4.90 Å². The Bertz CT molecular complexity index is 518. The van der Waals surface area contributed by atoms with Crippen LogP contribution in [0.5, 0.6) is 0 Å². The van der Waals surface area contributed by atoms with E-state index in [9.17, 15) is 9.59 Å². The zero-order valence-corrected chi connectivity index (χ0v) is 13.2. The fraction of sp³-hybridized carbons (Fsp3) is 0.529. The van der Waals surface area contributed by atoms with E-state index in [1.807, 2.05) is 37.3 Å². The van der Waals surface area contributed by atoms with Crippen molar-refractivity contribution < 1.29 is 14.3 Å². The van der Waals surface area contributed by atoms with Crippen molar-refractivity contribution in [2.75, 3.05) is 6.54 Å². The van der Waals surface area contributed by atoms with Gasteiger partial charge in [-0.15, -0.1) is 0 Å². The van der Waals surface area contributed by atoms with Crippen molar-refractivity contribution in [1.29, 1.82) is 0 Å². The number of hydrogen-bond donors (Lipinski definition) is 1. The van der Waals surface area contributed by atoms with Crippen molar-refractivity contribution in [3.8, 4) is 0 Å². The molecule has 22 heavy (non-hydrogen) atoms. The number of carbonyl (C=O) groups excluding carboxylic acids is 2. The lowest BCUT2D eigenvalue weighted by Gasteiger charge is -2.39. The summed E-state index contributed by atoms with van der Waals surface area (Å²) in [6.07, 6.45) is 1.47. The molecule has 2 N–H and O–H groups in total. The van der Waals surface area contributed by atoms with Gasteiger partial charge in [-0.2, -0.15) is 0 Å². The molecule has 5 heteroatoms. The molecule has 1 fully saturated rings. The fourth-order valence-electron chi connectivity index (χ4n) is 2.96. The van der Waals surface area contributed by atoms with Gasteiger partial charge in [0.15, 0.2) is 0 Å². The molecule has 5 nitrogen and oxygen atoms in total. The monoisotopic (exact) mass is 304 g/mol. The fourth-order valence-corrected chi connectivity index (χ4v) is 2.96. The summed E-state index contributed by atoms with van der Waals surface area (Å²) in [5.74, 6) is -0.307. The standard InChI is InChI=1S/C17H24N2O3/c1-12(22-11-14-6-4-3-5-7-14)15-8-9-16(17(18)21)19(10-15)13(2)20/h3-7,12,15-16H,8-11H2,1-2H3,(H2,18,21)/t12?,15-,16+/m1/s1. The second kappa shape index (κ2) is 7.40. The number of likely N-dealkylation sites (tertiary alicyclic amines) is 1. The van der Waals surface area contributed by atoms with Gasteiger partial charge < -0.3 is 15.4 Å². The maximum atomic E-state index is 11.7. The van der Waals surface area contributed by atoms with Gasteiger partial charge in [0.25, 0.3) is 0 Å². The van der Waals surface area contributed by atoms with Crippen LogP contribution in [0.4, 0.5) is 0 Å². The van der Waals surface area contributed by atoms with Crippen LogP contribution in [0, 0.1) is 5.92 Å². The van der Waals surface area contributed by atoms with Crippen molar-refractivity contribution >= 4 is 11.8 Å². The van der Waals surface area contributed by atoms with Crippen molar-refractivity contribution in [2.24, 2.45) is 11.7 Å². The molecule has 0 aliphatic carbocycles. The molecule has 2 amide bonds. The van der Waals surface area contributed by atoms with Gasteiger partial charge in [-0.05, 0) is 25.3 Å². The Hall–Kier alpha value is -1.88. The number of hydrogen-bond acceptors (Lipinski definition) is 3.